The number of nitrogens with two attached hydrogens (primary N) is 2. The number of nitrogens with one attached hydrogen (secondary N) is 3. The summed E-state index contributed by atoms with van der Waals surface area (Å²) in [5.41, 5.74) is 14.2. The highest BCUT2D eigenvalue weighted by Crippen LogP contribution is 2.33. The molecule has 1 amide bonds. The van der Waals surface area contributed by atoms with Gasteiger partial charge >= 0.3 is 11.9 Å². The van der Waals surface area contributed by atoms with Crippen molar-refractivity contribution in [1.82, 2.24) is 15.3 Å². The normalized spacial score (nSPS) is 11.6. The molecule has 0 radical (unpaired) electrons. The molecule has 194 valence electrons. The molecule has 1 atom stereocenters. The van der Waals surface area contributed by atoms with Crippen molar-refractivity contribution < 1.29 is 19.7 Å². The van der Waals surface area contributed by atoms with E-state index >= 15 is 0 Å². The van der Waals surface area contributed by atoms with Crippen LogP contribution in [0.1, 0.15) is 46.2 Å². The van der Waals surface area contributed by atoms with Crippen molar-refractivity contribution in [3.8, 4) is 11.3 Å². The number of imidazole rings is 1. The molecule has 1 heterocycles. The molecular weight excluding hydrogens is 480 g/mol. The maximum absolute atomic E-state index is 13.5. The molecule has 8 N–H and O–H groups in total. The predicted octanol–water partition coefficient (Wildman–Crippen LogP) is 1.57. The Morgan fingerprint density at radius 3 is 1.97 bits per heavy atom. The van der Waals surface area contributed by atoms with Crippen molar-refractivity contribution in [2.24, 2.45) is 11.5 Å². The van der Waals surface area contributed by atoms with Crippen LogP contribution < -0.4 is 21.8 Å². The Kier molecular flexibility index (Phi) is 8.50. The number of nitrogens with zero attached hydrogens (tertiary/aromatic N) is 1. The van der Waals surface area contributed by atoms with E-state index in [1.165, 1.54) is 0 Å². The van der Waals surface area contributed by atoms with Gasteiger partial charge in [-0.25, -0.2) is 9.78 Å². The lowest BCUT2D eigenvalue weighted by molar-refractivity contribution is -0.459. The van der Waals surface area contributed by atoms with Gasteiger partial charge < -0.3 is 15.4 Å². The van der Waals surface area contributed by atoms with E-state index in [9.17, 15) is 14.7 Å². The first-order valence-corrected chi connectivity index (χ1v) is 12.3. The number of aromatic amines is 1. The molecule has 9 nitrogen and oxygen atoms in total. The van der Waals surface area contributed by atoms with Crippen LogP contribution in [0.3, 0.4) is 0 Å². The van der Waals surface area contributed by atoms with Gasteiger partial charge in [-0.3, -0.25) is 21.3 Å². The molecule has 0 aliphatic carbocycles. The number of hydrogen-bond donors (Lipinski definition) is 6. The Bertz CT molecular complexity index is 1340. The topological polar surface area (TPSA) is 161 Å². The molecule has 0 saturated heterocycles. The number of aliphatic carboxylic acids is 1. The average Bonchev–Trinajstić information content (AvgIpc) is 3.37. The van der Waals surface area contributed by atoms with E-state index in [0.29, 0.717) is 24.5 Å². The third kappa shape index (κ3) is 6.44. The molecule has 0 fully saturated rings. The Hall–Kier alpha value is -4.92. The van der Waals surface area contributed by atoms with Gasteiger partial charge in [-0.05, 0) is 24.0 Å². The van der Waals surface area contributed by atoms with E-state index in [2.05, 4.69) is 15.3 Å². The standard InChI is InChI=1S/C29H30N6O3/c30-29(31)32-18-10-17-22(28(37)38)33-27(36)25-24(21-15-8-3-9-16-21)34-26(35-25)23(19-11-4-1-5-12-19)20-13-6-2-7-14-20/h1-9,11-16,22-23H,10,17-18H2,(H,33,36)(H,34,35)(H,37,38)(H4,30,31,32)/p+1/t22-/m0/s1. The lowest BCUT2D eigenvalue weighted by atomic mass is 9.91. The molecule has 0 bridgehead atoms. The van der Waals surface area contributed by atoms with Crippen LogP contribution in [0, 0.1) is 0 Å². The van der Waals surface area contributed by atoms with Crippen LogP contribution >= 0.6 is 0 Å². The number of carboxylic acid groups (broad SMARTS) is 1. The average molecular weight is 512 g/mol. The molecule has 1 aromatic heterocycles. The van der Waals surface area contributed by atoms with Crippen molar-refractivity contribution in [1.29, 1.82) is 0 Å². The van der Waals surface area contributed by atoms with Crippen LogP contribution in [-0.4, -0.2) is 45.5 Å². The number of aromatic nitrogens is 2. The number of hydrogen-bond acceptors (Lipinski definition) is 3. The highest BCUT2D eigenvalue weighted by atomic mass is 16.4. The summed E-state index contributed by atoms with van der Waals surface area (Å²) in [5, 5.41) is 12.4. The number of amides is 1. The van der Waals surface area contributed by atoms with Gasteiger partial charge in [-0.2, -0.15) is 0 Å². The van der Waals surface area contributed by atoms with Crippen LogP contribution in [0.5, 0.6) is 0 Å². The zero-order valence-electron chi connectivity index (χ0n) is 20.8. The minimum absolute atomic E-state index is 0.0600. The summed E-state index contributed by atoms with van der Waals surface area (Å²) in [4.78, 5) is 36.3. The second kappa shape index (κ2) is 12.4. The van der Waals surface area contributed by atoms with Crippen molar-refractivity contribution >= 4 is 17.8 Å². The smallest absolute Gasteiger partial charge is 0.338 e. The lowest BCUT2D eigenvalue weighted by Crippen LogP contribution is -2.78. The summed E-state index contributed by atoms with van der Waals surface area (Å²) < 4.78 is 0. The van der Waals surface area contributed by atoms with Crippen molar-refractivity contribution in [3.05, 3.63) is 114 Å². The summed E-state index contributed by atoms with van der Waals surface area (Å²) >= 11 is 0. The van der Waals surface area contributed by atoms with Crippen LogP contribution in [-0.2, 0) is 4.79 Å². The largest absolute Gasteiger partial charge is 0.480 e. The summed E-state index contributed by atoms with van der Waals surface area (Å²) in [6, 6.07) is 28.0. The van der Waals surface area contributed by atoms with Crippen molar-refractivity contribution in [2.45, 2.75) is 24.8 Å². The number of carboxylic acids is 1. The second-order valence-electron chi connectivity index (χ2n) is 8.85. The molecule has 4 rings (SSSR count). The minimum atomic E-state index is -1.13. The van der Waals surface area contributed by atoms with Crippen molar-refractivity contribution in [3.63, 3.8) is 0 Å². The van der Waals surface area contributed by atoms with Gasteiger partial charge in [0.25, 0.3) is 5.91 Å². The number of rotatable bonds is 11. The molecule has 0 unspecified atom stereocenters. The van der Waals surface area contributed by atoms with Gasteiger partial charge in [0.1, 0.15) is 23.3 Å². The molecule has 0 saturated carbocycles. The quantitative estimate of drug-likeness (QED) is 0.102. The van der Waals surface area contributed by atoms with E-state index in [4.69, 9.17) is 16.5 Å². The van der Waals surface area contributed by atoms with E-state index in [0.717, 1.165) is 16.7 Å². The van der Waals surface area contributed by atoms with Gasteiger partial charge in [0, 0.05) is 5.56 Å². The van der Waals surface area contributed by atoms with Gasteiger partial charge in [0.15, 0.2) is 0 Å². The molecule has 3 aromatic carbocycles. The molecule has 0 aliphatic rings. The highest BCUT2D eigenvalue weighted by molar-refractivity contribution is 6.00. The number of carbonyl (C=O) groups excluding carboxylic acids is 1. The molecule has 9 heteroatoms. The number of benzene rings is 3. The Labute approximate surface area is 220 Å². The first kappa shape index (κ1) is 26.2. The van der Waals surface area contributed by atoms with E-state index in [1.807, 2.05) is 91.0 Å². The van der Waals surface area contributed by atoms with E-state index in [-0.39, 0.29) is 24.0 Å². The number of H-pyrrole nitrogens is 1. The Balaban J connectivity index is 1.72. The van der Waals surface area contributed by atoms with Gasteiger partial charge in [-0.1, -0.05) is 91.0 Å². The third-order valence-corrected chi connectivity index (χ3v) is 6.14. The monoisotopic (exact) mass is 511 g/mol. The van der Waals surface area contributed by atoms with Crippen LogP contribution in [0.15, 0.2) is 91.0 Å². The second-order valence-corrected chi connectivity index (χ2v) is 8.85. The Morgan fingerprint density at radius 1 is 0.895 bits per heavy atom. The van der Waals surface area contributed by atoms with Gasteiger partial charge in [0.05, 0.1) is 12.5 Å². The summed E-state index contributed by atoms with van der Waals surface area (Å²) in [6.45, 7) is 0.390. The molecule has 0 aliphatic heterocycles. The molecular formula is C29H31N6O3+. The van der Waals surface area contributed by atoms with Gasteiger partial charge in [-0.15, -0.1) is 0 Å². The first-order valence-electron chi connectivity index (χ1n) is 12.3. The zero-order valence-corrected chi connectivity index (χ0v) is 20.8. The zero-order chi connectivity index (χ0) is 26.9. The minimum Gasteiger partial charge on any atom is -0.480 e. The summed E-state index contributed by atoms with van der Waals surface area (Å²) in [7, 11) is 0. The van der Waals surface area contributed by atoms with E-state index < -0.39 is 17.9 Å². The fourth-order valence-electron chi connectivity index (χ4n) is 4.32. The molecule has 4 aromatic rings. The van der Waals surface area contributed by atoms with Crippen LogP contribution in [0.25, 0.3) is 11.3 Å². The SMILES string of the molecule is NC(N)=[NH+]CCC[C@H](NC(=O)c1[nH]c(C(c2ccccc2)c2ccccc2)nc1-c1ccccc1)C(=O)O. The third-order valence-electron chi connectivity index (χ3n) is 6.14. The van der Waals surface area contributed by atoms with Crippen LogP contribution in [0.4, 0.5) is 0 Å². The summed E-state index contributed by atoms with van der Waals surface area (Å²) in [5.74, 6) is -1.30. The molecule has 38 heavy (non-hydrogen) atoms. The predicted molar refractivity (Wildman–Crippen MR) is 145 cm³/mol. The van der Waals surface area contributed by atoms with Gasteiger partial charge in [0.2, 0.25) is 0 Å². The first-order chi connectivity index (χ1) is 18.4. The number of carbonyl (C=O) groups is 2. The maximum Gasteiger partial charge on any atom is 0.338 e. The maximum atomic E-state index is 13.5. The van der Waals surface area contributed by atoms with E-state index in [1.54, 1.807) is 0 Å². The van der Waals surface area contributed by atoms with Crippen molar-refractivity contribution in [2.75, 3.05) is 6.54 Å². The number of guanidine groups is 1. The Morgan fingerprint density at radius 2 is 1.45 bits per heavy atom. The fraction of sp³-hybridized carbons (Fsp3) is 0.172. The fourth-order valence-corrected chi connectivity index (χ4v) is 4.32. The highest BCUT2D eigenvalue weighted by Gasteiger charge is 2.28. The van der Waals surface area contributed by atoms with Crippen LogP contribution in [0.2, 0.25) is 0 Å². The molecule has 0 spiro atoms. The lowest BCUT2D eigenvalue weighted by Gasteiger charge is -2.16. The summed E-state index contributed by atoms with van der Waals surface area (Å²) in [6.07, 6.45) is 0.638.